The summed E-state index contributed by atoms with van der Waals surface area (Å²) in [6.45, 7) is -6.62. The summed E-state index contributed by atoms with van der Waals surface area (Å²) in [4.78, 5) is 3.47. The van der Waals surface area contributed by atoms with Crippen molar-refractivity contribution in [1.82, 2.24) is 4.98 Å². The van der Waals surface area contributed by atoms with E-state index in [1.165, 1.54) is 0 Å². The largest absolute Gasteiger partial charge is 0.249 e. The zero-order valence-electron chi connectivity index (χ0n) is 14.8. The molecule has 54 valence electrons. The average molecular weight is 210 g/mol. The topological polar surface area (TPSA) is 12.9 Å². The van der Waals surface area contributed by atoms with Crippen LogP contribution in [0.1, 0.15) is 38.9 Å². The molecule has 0 spiro atoms. The van der Waals surface area contributed by atoms with Crippen LogP contribution in [-0.2, 0) is 0 Å². The highest BCUT2D eigenvalue weighted by atomic mass is 79.9. The third kappa shape index (κ3) is 1.81. The van der Waals surface area contributed by atoms with Crippen LogP contribution >= 0.6 is 15.9 Å². The summed E-state index contributed by atoms with van der Waals surface area (Å²) in [5.74, 6) is -3.19. The lowest BCUT2D eigenvalue weighted by Gasteiger charge is -2.03. The van der Waals surface area contributed by atoms with Crippen LogP contribution < -0.4 is 0 Å². The highest BCUT2D eigenvalue weighted by Gasteiger charge is 1.97. The van der Waals surface area contributed by atoms with Gasteiger partial charge >= 0.3 is 0 Å². The second-order valence-electron chi connectivity index (χ2n) is 1.51. The smallest absolute Gasteiger partial charge is 0.106 e. The lowest BCUT2D eigenvalue weighted by molar-refractivity contribution is 0.861. The quantitative estimate of drug-likeness (QED) is 0.649. The number of hydrogen-bond donors (Lipinski definition) is 0. The molecule has 1 aromatic rings. The number of rotatable bonds is 1. The molecule has 0 bridgehead atoms. The SMILES string of the molecule is [2H]c1nc(Br)c([2H])c(C([2H])(C([2H])([2H])[2H])C([2H])([2H])[2H])c1[2H]. The molecule has 0 amide bonds. The number of hydrogen-bond acceptors (Lipinski definition) is 1. The molecule has 1 heterocycles. The van der Waals surface area contributed by atoms with Crippen molar-refractivity contribution in [3.8, 4) is 0 Å². The van der Waals surface area contributed by atoms with E-state index in [0.717, 1.165) is 0 Å². The van der Waals surface area contributed by atoms with Crippen LogP contribution in [0.25, 0.3) is 0 Å². The van der Waals surface area contributed by atoms with Crippen LogP contribution in [0.3, 0.4) is 0 Å². The Morgan fingerprint density at radius 1 is 1.90 bits per heavy atom. The van der Waals surface area contributed by atoms with Gasteiger partial charge in [0.05, 0.1) is 4.11 Å². The van der Waals surface area contributed by atoms with Gasteiger partial charge in [0.25, 0.3) is 0 Å². The molecule has 0 aliphatic carbocycles. The Bertz CT molecular complexity index is 493. The molecule has 1 nitrogen and oxygen atoms in total. The minimum atomic E-state index is -3.31. The molecule has 10 heavy (non-hydrogen) atoms. The molecule has 0 aliphatic heterocycles. The maximum atomic E-state index is 7.94. The third-order valence-corrected chi connectivity index (χ3v) is 1.19. The molecule has 0 saturated carbocycles. The number of halogens is 1. The first kappa shape index (κ1) is 1.86. The fourth-order valence-electron chi connectivity index (χ4n) is 0.420. The molecule has 1 aromatic heterocycles. The summed E-state index contributed by atoms with van der Waals surface area (Å²) in [5.41, 5.74) is -0.857. The molecule has 0 aromatic carbocycles. The van der Waals surface area contributed by atoms with Crippen molar-refractivity contribution in [2.45, 2.75) is 19.6 Å². The zero-order valence-corrected chi connectivity index (χ0v) is 6.41. The number of pyridine rings is 1. The van der Waals surface area contributed by atoms with E-state index in [1.54, 1.807) is 0 Å². The Morgan fingerprint density at radius 3 is 3.40 bits per heavy atom. The summed E-state index contributed by atoms with van der Waals surface area (Å²) >= 11 is 2.80. The fourth-order valence-corrected chi connectivity index (χ4v) is 0.707. The minimum Gasteiger partial charge on any atom is -0.249 e. The lowest BCUT2D eigenvalue weighted by atomic mass is 10.1. The molecule has 0 radical (unpaired) electrons. The van der Waals surface area contributed by atoms with E-state index >= 15 is 0 Å². The predicted octanol–water partition coefficient (Wildman–Crippen LogP) is 2.97. The van der Waals surface area contributed by atoms with Gasteiger partial charge in [0.1, 0.15) is 4.60 Å². The fraction of sp³-hybridized carbons (Fsp3) is 0.375. The van der Waals surface area contributed by atoms with Gasteiger partial charge in [-0.3, -0.25) is 0 Å². The molecule has 0 fully saturated rings. The molecule has 0 atom stereocenters. The first-order chi connectivity index (χ1) is 8.75. The van der Waals surface area contributed by atoms with Gasteiger partial charge in [-0.2, -0.15) is 0 Å². The molecule has 0 unspecified atom stereocenters. The molecule has 0 N–H and O–H groups in total. The van der Waals surface area contributed by atoms with E-state index in [0.29, 0.717) is 0 Å². The van der Waals surface area contributed by atoms with E-state index in [1.807, 2.05) is 0 Å². The van der Waals surface area contributed by atoms with Crippen molar-refractivity contribution < 1.29 is 13.7 Å². The van der Waals surface area contributed by atoms with Gasteiger partial charge in [-0.15, -0.1) is 0 Å². The highest BCUT2D eigenvalue weighted by molar-refractivity contribution is 9.10. The second-order valence-corrected chi connectivity index (χ2v) is 2.27. The maximum absolute atomic E-state index is 7.94. The Kier molecular flexibility index (Phi) is 0.586. The summed E-state index contributed by atoms with van der Waals surface area (Å²) in [5, 5.41) is 0. The highest BCUT2D eigenvalue weighted by Crippen LogP contribution is 2.16. The monoisotopic (exact) mass is 209 g/mol. The summed E-state index contributed by atoms with van der Waals surface area (Å²) in [7, 11) is 0. The van der Waals surface area contributed by atoms with E-state index in [9.17, 15) is 0 Å². The van der Waals surface area contributed by atoms with Crippen LogP contribution in [0.5, 0.6) is 0 Å². The Morgan fingerprint density at radius 2 is 2.70 bits per heavy atom. The standard InChI is InChI=1S/C8H10BrN/c1-6(2)7-3-4-10-8(9)5-7/h3-6H,1-2H3/i1D3,2D3,3D,4D,5D,6D. The van der Waals surface area contributed by atoms with Crippen LogP contribution in [0.4, 0.5) is 0 Å². The lowest BCUT2D eigenvalue weighted by Crippen LogP contribution is -1.87. The van der Waals surface area contributed by atoms with Crippen molar-refractivity contribution in [2.24, 2.45) is 0 Å². The van der Waals surface area contributed by atoms with E-state index in [4.69, 9.17) is 13.7 Å². The van der Waals surface area contributed by atoms with Crippen molar-refractivity contribution in [3.05, 3.63) is 28.4 Å². The third-order valence-electron chi connectivity index (χ3n) is 0.813. The zero-order chi connectivity index (χ0) is 16.1. The Hall–Kier alpha value is -0.370. The van der Waals surface area contributed by atoms with Gasteiger partial charge in [0.2, 0.25) is 0 Å². The van der Waals surface area contributed by atoms with Crippen LogP contribution in [-0.4, -0.2) is 4.98 Å². The predicted molar refractivity (Wildman–Crippen MR) is 46.0 cm³/mol. The van der Waals surface area contributed by atoms with Gasteiger partial charge in [0, 0.05) is 15.8 Å². The number of nitrogens with zero attached hydrogens (tertiary/aromatic N) is 1. The molecule has 0 aliphatic rings. The van der Waals surface area contributed by atoms with E-state index < -0.39 is 43.4 Å². The van der Waals surface area contributed by atoms with Crippen LogP contribution in [0.15, 0.2) is 22.9 Å². The van der Waals surface area contributed by atoms with Crippen LogP contribution in [0.2, 0.25) is 0 Å². The summed E-state index contributed by atoms with van der Waals surface area (Å²) in [6.07, 6.45) is -0.701. The van der Waals surface area contributed by atoms with Crippen molar-refractivity contribution in [1.29, 1.82) is 0 Å². The van der Waals surface area contributed by atoms with E-state index in [2.05, 4.69) is 20.9 Å². The molecular weight excluding hydrogens is 190 g/mol. The van der Waals surface area contributed by atoms with Gasteiger partial charge in [-0.05, 0) is 39.5 Å². The Balaban J connectivity index is 3.87. The molecule has 0 saturated heterocycles. The average Bonchev–Trinajstić information content (AvgIpc) is 2.23. The summed E-state index contributed by atoms with van der Waals surface area (Å²) < 4.78 is 74.5. The molecule has 1 rings (SSSR count). The minimum absolute atomic E-state index is 0.279. The maximum Gasteiger partial charge on any atom is 0.106 e. The van der Waals surface area contributed by atoms with E-state index in [-0.39, 0.29) is 4.60 Å². The molecular formula is C8H10BrN. The van der Waals surface area contributed by atoms with Crippen molar-refractivity contribution in [3.63, 3.8) is 0 Å². The first-order valence-corrected chi connectivity index (χ1v) is 3.18. The van der Waals surface area contributed by atoms with Gasteiger partial charge in [0.15, 0.2) is 0 Å². The molecule has 2 heteroatoms. The first-order valence-electron chi connectivity index (χ1n) is 7.39. The van der Waals surface area contributed by atoms with Gasteiger partial charge in [-0.25, -0.2) is 4.98 Å². The number of aromatic nitrogens is 1. The van der Waals surface area contributed by atoms with Crippen molar-refractivity contribution in [2.75, 3.05) is 0 Å². The Labute approximate surface area is 83.7 Å². The van der Waals surface area contributed by atoms with Crippen molar-refractivity contribution >= 4 is 15.9 Å². The van der Waals surface area contributed by atoms with Gasteiger partial charge in [-0.1, -0.05) is 13.7 Å². The van der Waals surface area contributed by atoms with Gasteiger partial charge < -0.3 is 0 Å². The second kappa shape index (κ2) is 3.15. The summed E-state index contributed by atoms with van der Waals surface area (Å²) in [6, 6.07) is -1.53. The normalized spacial score (nSPS) is 28.5. The van der Waals surface area contributed by atoms with Crippen LogP contribution in [0, 0.1) is 0 Å².